The highest BCUT2D eigenvalue weighted by molar-refractivity contribution is 5.82. The fourth-order valence-corrected chi connectivity index (χ4v) is 6.09. The van der Waals surface area contributed by atoms with E-state index in [1.54, 1.807) is 68.4 Å². The van der Waals surface area contributed by atoms with E-state index in [1.165, 1.54) is 4.90 Å². The van der Waals surface area contributed by atoms with Gasteiger partial charge in [0.2, 0.25) is 11.8 Å². The van der Waals surface area contributed by atoms with Crippen LogP contribution in [-0.4, -0.2) is 88.8 Å². The fraction of sp³-hybridized carbons (Fsp3) is 0.541. The van der Waals surface area contributed by atoms with Gasteiger partial charge in [0.1, 0.15) is 24.6 Å². The smallest absolute Gasteiger partial charge is 0.407 e. The number of pyridine rings is 1. The number of rotatable bonds is 11. The molecule has 2 atom stereocenters. The molecule has 3 amide bonds. The van der Waals surface area contributed by atoms with Gasteiger partial charge >= 0.3 is 12.1 Å². The molecule has 2 fully saturated rings. The molecular weight excluding hydrogens is 631 g/mol. The summed E-state index contributed by atoms with van der Waals surface area (Å²) in [5, 5.41) is 12.2. The first-order chi connectivity index (χ1) is 23.4. The van der Waals surface area contributed by atoms with Gasteiger partial charge in [0.05, 0.1) is 18.4 Å². The predicted octanol–water partition coefficient (Wildman–Crippen LogP) is 5.13. The monoisotopic (exact) mass is 678 g/mol. The largest absolute Gasteiger partial charge is 0.491 e. The molecule has 0 spiro atoms. The molecule has 0 aliphatic carbocycles. The van der Waals surface area contributed by atoms with Crippen LogP contribution in [0, 0.1) is 23.7 Å². The SMILES string of the molecule is CC(C)(C)OC(=O)C[C@H](NC(=O)[C@@H]1CCCN(C(=O)CCC2CCN(C(=O)O)CC2)C1)c1cncc(C#Cc2cccc(OCCF)c2)c1. The number of carbonyl (C=O) groups excluding carboxylic acids is 3. The lowest BCUT2D eigenvalue weighted by Gasteiger charge is -2.34. The van der Waals surface area contributed by atoms with Crippen molar-refractivity contribution in [1.29, 1.82) is 0 Å². The van der Waals surface area contributed by atoms with Crippen molar-refractivity contribution < 1.29 is 38.1 Å². The van der Waals surface area contributed by atoms with Crippen LogP contribution in [0.4, 0.5) is 9.18 Å². The third-order valence-corrected chi connectivity index (χ3v) is 8.60. The average Bonchev–Trinajstić information content (AvgIpc) is 3.08. The van der Waals surface area contributed by atoms with E-state index in [0.717, 1.165) is 12.8 Å². The van der Waals surface area contributed by atoms with Gasteiger partial charge < -0.3 is 29.7 Å². The van der Waals surface area contributed by atoms with Crippen molar-refractivity contribution in [3.63, 3.8) is 0 Å². The van der Waals surface area contributed by atoms with Gasteiger partial charge in [-0.15, -0.1) is 0 Å². The molecule has 0 bridgehead atoms. The lowest BCUT2D eigenvalue weighted by atomic mass is 9.91. The Labute approximate surface area is 287 Å². The molecule has 2 aromatic rings. The highest BCUT2D eigenvalue weighted by Crippen LogP contribution is 2.26. The lowest BCUT2D eigenvalue weighted by Crippen LogP contribution is -2.46. The molecule has 11 nitrogen and oxygen atoms in total. The van der Waals surface area contributed by atoms with E-state index in [9.17, 15) is 28.7 Å². The first kappa shape index (κ1) is 37.2. The fourth-order valence-electron chi connectivity index (χ4n) is 6.09. The van der Waals surface area contributed by atoms with Gasteiger partial charge in [-0.1, -0.05) is 17.9 Å². The summed E-state index contributed by atoms with van der Waals surface area (Å²) in [7, 11) is 0. The summed E-state index contributed by atoms with van der Waals surface area (Å²) in [6.07, 6.45) is 6.00. The summed E-state index contributed by atoms with van der Waals surface area (Å²) in [4.78, 5) is 58.5. The van der Waals surface area contributed by atoms with Crippen LogP contribution in [0.1, 0.15) is 88.4 Å². The van der Waals surface area contributed by atoms with Gasteiger partial charge in [-0.2, -0.15) is 0 Å². The van der Waals surface area contributed by atoms with Crippen LogP contribution in [0.2, 0.25) is 0 Å². The second kappa shape index (κ2) is 17.7. The maximum absolute atomic E-state index is 13.7. The number of ether oxygens (including phenoxy) is 2. The molecule has 1 aromatic heterocycles. The Morgan fingerprint density at radius 1 is 1.04 bits per heavy atom. The standard InChI is InChI=1S/C37H47FN4O7/c1-37(2,3)49-34(44)22-32(30-20-28(23-39-24-30)10-9-27-6-4-8-31(21-27)48-19-15-38)40-35(45)29-7-5-16-42(25-29)33(43)12-11-26-13-17-41(18-14-26)36(46)47/h4,6,8,20-21,23-24,26,29,32H,5,7,11-19,22,25H2,1-3H3,(H,40,45)(H,46,47)/t29-,32+/m1/s1. The van der Waals surface area contributed by atoms with Crippen LogP contribution in [0.15, 0.2) is 42.7 Å². The van der Waals surface area contributed by atoms with Crippen LogP contribution < -0.4 is 10.1 Å². The lowest BCUT2D eigenvalue weighted by molar-refractivity contribution is -0.155. The molecule has 264 valence electrons. The highest BCUT2D eigenvalue weighted by atomic mass is 19.1. The Balaban J connectivity index is 1.42. The Hall–Kier alpha value is -4.66. The minimum Gasteiger partial charge on any atom is -0.491 e. The molecule has 2 saturated heterocycles. The van der Waals surface area contributed by atoms with Crippen molar-refractivity contribution >= 4 is 23.9 Å². The number of esters is 1. The molecule has 2 N–H and O–H groups in total. The van der Waals surface area contributed by atoms with E-state index < -0.39 is 36.3 Å². The van der Waals surface area contributed by atoms with Crippen LogP contribution in [0.3, 0.4) is 0 Å². The van der Waals surface area contributed by atoms with Crippen LogP contribution in [0.5, 0.6) is 5.75 Å². The number of piperidine rings is 2. The predicted molar refractivity (Wildman–Crippen MR) is 180 cm³/mol. The minimum absolute atomic E-state index is 0.00143. The quantitative estimate of drug-likeness (QED) is 0.247. The number of aromatic nitrogens is 1. The third-order valence-electron chi connectivity index (χ3n) is 8.60. The second-order valence-corrected chi connectivity index (χ2v) is 13.6. The number of carbonyl (C=O) groups is 4. The van der Waals surface area contributed by atoms with E-state index >= 15 is 0 Å². The molecule has 0 radical (unpaired) electrons. The van der Waals surface area contributed by atoms with Crippen molar-refractivity contribution in [1.82, 2.24) is 20.1 Å². The molecule has 49 heavy (non-hydrogen) atoms. The van der Waals surface area contributed by atoms with E-state index in [4.69, 9.17) is 9.47 Å². The number of hydrogen-bond acceptors (Lipinski definition) is 7. The molecule has 2 aliphatic heterocycles. The average molecular weight is 679 g/mol. The van der Waals surface area contributed by atoms with Gasteiger partial charge in [-0.3, -0.25) is 19.4 Å². The summed E-state index contributed by atoms with van der Waals surface area (Å²) in [5.74, 6) is 5.76. The number of hydrogen-bond donors (Lipinski definition) is 2. The van der Waals surface area contributed by atoms with Gasteiger partial charge in [0.25, 0.3) is 0 Å². The van der Waals surface area contributed by atoms with E-state index in [2.05, 4.69) is 22.1 Å². The summed E-state index contributed by atoms with van der Waals surface area (Å²) in [5.41, 5.74) is 1.11. The van der Waals surface area contributed by atoms with Crippen molar-refractivity contribution in [2.24, 2.45) is 11.8 Å². The number of amides is 3. The number of carboxylic acid groups (broad SMARTS) is 1. The molecule has 4 rings (SSSR count). The summed E-state index contributed by atoms with van der Waals surface area (Å²) in [6, 6.07) is 8.05. The maximum Gasteiger partial charge on any atom is 0.407 e. The van der Waals surface area contributed by atoms with E-state index in [-0.39, 0.29) is 24.8 Å². The normalized spacial score (nSPS) is 17.3. The zero-order valence-corrected chi connectivity index (χ0v) is 28.6. The molecule has 2 aliphatic rings. The molecule has 1 aromatic carbocycles. The number of halogens is 1. The minimum atomic E-state index is -0.904. The molecule has 0 unspecified atom stereocenters. The van der Waals surface area contributed by atoms with Gasteiger partial charge in [-0.25, -0.2) is 9.18 Å². The molecular formula is C37H47FN4O7. The van der Waals surface area contributed by atoms with Crippen LogP contribution in [-0.2, 0) is 19.1 Å². The topological polar surface area (TPSA) is 138 Å². The van der Waals surface area contributed by atoms with Crippen LogP contribution >= 0.6 is 0 Å². The van der Waals surface area contributed by atoms with Crippen molar-refractivity contribution in [2.45, 2.75) is 77.4 Å². The second-order valence-electron chi connectivity index (χ2n) is 13.6. The van der Waals surface area contributed by atoms with Crippen molar-refractivity contribution in [2.75, 3.05) is 39.5 Å². The Morgan fingerprint density at radius 3 is 2.51 bits per heavy atom. The molecule has 12 heteroatoms. The Bertz CT molecular complexity index is 1520. The summed E-state index contributed by atoms with van der Waals surface area (Å²) in [6.45, 7) is 6.55. The zero-order chi connectivity index (χ0) is 35.4. The molecule has 3 heterocycles. The van der Waals surface area contributed by atoms with E-state index in [1.807, 2.05) is 0 Å². The van der Waals surface area contributed by atoms with Crippen LogP contribution in [0.25, 0.3) is 0 Å². The highest BCUT2D eigenvalue weighted by Gasteiger charge is 2.32. The number of alkyl halides is 1. The first-order valence-electron chi connectivity index (χ1n) is 16.9. The number of nitrogens with zero attached hydrogens (tertiary/aromatic N) is 3. The number of likely N-dealkylation sites (tertiary alicyclic amines) is 2. The summed E-state index contributed by atoms with van der Waals surface area (Å²) >= 11 is 0. The van der Waals surface area contributed by atoms with E-state index in [0.29, 0.717) is 80.2 Å². The molecule has 0 saturated carbocycles. The third kappa shape index (κ3) is 12.1. The zero-order valence-electron chi connectivity index (χ0n) is 28.6. The maximum atomic E-state index is 13.7. The number of nitrogens with one attached hydrogen (secondary N) is 1. The first-order valence-corrected chi connectivity index (χ1v) is 16.9. The van der Waals surface area contributed by atoms with Gasteiger partial charge in [0, 0.05) is 56.1 Å². The van der Waals surface area contributed by atoms with Crippen molar-refractivity contribution in [3.8, 4) is 17.6 Å². The number of benzene rings is 1. The summed E-state index contributed by atoms with van der Waals surface area (Å²) < 4.78 is 23.4. The Kier molecular flexibility index (Phi) is 13.4. The Morgan fingerprint density at radius 2 is 1.80 bits per heavy atom. The van der Waals surface area contributed by atoms with Gasteiger partial charge in [0.15, 0.2) is 0 Å². The van der Waals surface area contributed by atoms with Gasteiger partial charge in [-0.05, 0) is 88.6 Å². The van der Waals surface area contributed by atoms with Crippen molar-refractivity contribution in [3.05, 3.63) is 59.4 Å².